The van der Waals surface area contributed by atoms with Crippen molar-refractivity contribution >= 4 is 23.0 Å². The molecule has 0 aliphatic rings. The molecule has 21 heavy (non-hydrogen) atoms. The summed E-state index contributed by atoms with van der Waals surface area (Å²) in [5, 5.41) is 20.8. The van der Waals surface area contributed by atoms with Gasteiger partial charge < -0.3 is 9.84 Å². The Labute approximate surface area is 121 Å². The first-order chi connectivity index (χ1) is 9.88. The molecular formula is C12H9FN2O5S. The van der Waals surface area contributed by atoms with Crippen molar-refractivity contribution in [2.24, 2.45) is 0 Å². The fraction of sp³-hybridized carbons (Fsp3) is 0.167. The average Bonchev–Trinajstić information content (AvgIpc) is 2.88. The maximum Gasteiger partial charge on any atom is 0.365 e. The molecule has 2 aromatic rings. The van der Waals surface area contributed by atoms with E-state index in [9.17, 15) is 19.3 Å². The Kier molecular flexibility index (Phi) is 4.13. The molecule has 0 amide bonds. The molecule has 0 spiro atoms. The van der Waals surface area contributed by atoms with Crippen LogP contribution in [0.3, 0.4) is 0 Å². The van der Waals surface area contributed by atoms with Gasteiger partial charge in [-0.1, -0.05) is 0 Å². The van der Waals surface area contributed by atoms with Crippen molar-refractivity contribution in [3.05, 3.63) is 49.7 Å². The molecule has 0 saturated carbocycles. The van der Waals surface area contributed by atoms with Crippen LogP contribution >= 0.6 is 11.3 Å². The van der Waals surface area contributed by atoms with Crippen molar-refractivity contribution in [3.8, 4) is 5.75 Å². The SMILES string of the molecule is Cc1cc(OCc2csc(C(=O)O)n2)c(F)cc1[N+](=O)[O-]. The van der Waals surface area contributed by atoms with Gasteiger partial charge in [-0.05, 0) is 13.0 Å². The molecule has 1 aromatic heterocycles. The number of thiazole rings is 1. The first-order valence-electron chi connectivity index (χ1n) is 5.63. The van der Waals surface area contributed by atoms with Crippen LogP contribution in [0.5, 0.6) is 5.75 Å². The molecule has 1 aromatic carbocycles. The molecule has 7 nitrogen and oxygen atoms in total. The van der Waals surface area contributed by atoms with Gasteiger partial charge in [0.05, 0.1) is 16.7 Å². The van der Waals surface area contributed by atoms with Gasteiger partial charge in [0.1, 0.15) is 6.61 Å². The van der Waals surface area contributed by atoms with E-state index >= 15 is 0 Å². The number of ether oxygens (including phenoxy) is 1. The summed E-state index contributed by atoms with van der Waals surface area (Å²) in [6, 6.07) is 2.01. The third-order valence-electron chi connectivity index (χ3n) is 2.56. The lowest BCUT2D eigenvalue weighted by Gasteiger charge is -2.07. The number of aromatic carboxylic acids is 1. The predicted molar refractivity (Wildman–Crippen MR) is 71.2 cm³/mol. The van der Waals surface area contributed by atoms with Gasteiger partial charge in [-0.25, -0.2) is 14.2 Å². The van der Waals surface area contributed by atoms with E-state index in [1.54, 1.807) is 0 Å². The molecule has 0 fully saturated rings. The van der Waals surface area contributed by atoms with E-state index < -0.39 is 16.7 Å². The topological polar surface area (TPSA) is 103 Å². The van der Waals surface area contributed by atoms with Crippen LogP contribution in [0.2, 0.25) is 0 Å². The van der Waals surface area contributed by atoms with E-state index in [0.29, 0.717) is 5.69 Å². The molecule has 0 unspecified atom stereocenters. The van der Waals surface area contributed by atoms with E-state index in [-0.39, 0.29) is 28.6 Å². The summed E-state index contributed by atoms with van der Waals surface area (Å²) in [6.07, 6.45) is 0. The van der Waals surface area contributed by atoms with Gasteiger partial charge in [0.25, 0.3) is 5.69 Å². The summed E-state index contributed by atoms with van der Waals surface area (Å²) in [5.74, 6) is -2.16. The summed E-state index contributed by atoms with van der Waals surface area (Å²) < 4.78 is 18.9. The second-order valence-corrected chi connectivity index (χ2v) is 4.92. The van der Waals surface area contributed by atoms with E-state index in [0.717, 1.165) is 17.4 Å². The number of aromatic nitrogens is 1. The number of aryl methyl sites for hydroxylation is 1. The smallest absolute Gasteiger partial charge is 0.365 e. The summed E-state index contributed by atoms with van der Waals surface area (Å²) >= 11 is 0.933. The number of nitro benzene ring substituents is 1. The lowest BCUT2D eigenvalue weighted by atomic mass is 10.2. The molecule has 1 N–H and O–H groups in total. The molecule has 0 aliphatic carbocycles. The van der Waals surface area contributed by atoms with Crippen molar-refractivity contribution in [1.82, 2.24) is 4.98 Å². The van der Waals surface area contributed by atoms with Gasteiger partial charge in [-0.2, -0.15) is 0 Å². The van der Waals surface area contributed by atoms with Crippen LogP contribution in [0.4, 0.5) is 10.1 Å². The quantitative estimate of drug-likeness (QED) is 0.672. The average molecular weight is 312 g/mol. The minimum absolute atomic E-state index is 0.0889. The number of halogens is 1. The summed E-state index contributed by atoms with van der Waals surface area (Å²) in [7, 11) is 0. The molecule has 0 aliphatic heterocycles. The Morgan fingerprint density at radius 2 is 2.29 bits per heavy atom. The summed E-state index contributed by atoms with van der Waals surface area (Å²) in [5.41, 5.74) is 0.274. The number of carbonyl (C=O) groups is 1. The zero-order valence-corrected chi connectivity index (χ0v) is 11.5. The number of carboxylic acid groups (broad SMARTS) is 1. The highest BCUT2D eigenvalue weighted by Crippen LogP contribution is 2.27. The zero-order valence-electron chi connectivity index (χ0n) is 10.7. The van der Waals surface area contributed by atoms with Crippen LogP contribution in [0, 0.1) is 22.9 Å². The number of carboxylic acids is 1. The van der Waals surface area contributed by atoms with Gasteiger partial charge in [0, 0.05) is 10.9 Å². The first-order valence-corrected chi connectivity index (χ1v) is 6.51. The second-order valence-electron chi connectivity index (χ2n) is 4.06. The fourth-order valence-corrected chi connectivity index (χ4v) is 2.21. The number of hydrogen-bond donors (Lipinski definition) is 1. The molecule has 0 radical (unpaired) electrons. The van der Waals surface area contributed by atoms with E-state index in [4.69, 9.17) is 9.84 Å². The van der Waals surface area contributed by atoms with E-state index in [2.05, 4.69) is 4.98 Å². The van der Waals surface area contributed by atoms with Crippen LogP contribution in [-0.2, 0) is 6.61 Å². The van der Waals surface area contributed by atoms with Gasteiger partial charge in [0.2, 0.25) is 5.01 Å². The number of rotatable bonds is 5. The number of nitro groups is 1. The molecule has 0 saturated heterocycles. The van der Waals surface area contributed by atoms with Gasteiger partial charge in [0.15, 0.2) is 11.6 Å². The molecule has 0 bridgehead atoms. The molecule has 9 heteroatoms. The van der Waals surface area contributed by atoms with Gasteiger partial charge in [-0.3, -0.25) is 10.1 Å². The van der Waals surface area contributed by atoms with Crippen molar-refractivity contribution in [1.29, 1.82) is 0 Å². The van der Waals surface area contributed by atoms with Gasteiger partial charge >= 0.3 is 5.97 Å². The Balaban J connectivity index is 2.14. The Morgan fingerprint density at radius 3 is 2.86 bits per heavy atom. The minimum atomic E-state index is -1.15. The summed E-state index contributed by atoms with van der Waals surface area (Å²) in [4.78, 5) is 24.4. The minimum Gasteiger partial charge on any atom is -0.484 e. The normalized spacial score (nSPS) is 10.4. The highest BCUT2D eigenvalue weighted by molar-refractivity contribution is 7.11. The number of hydrogen-bond acceptors (Lipinski definition) is 6. The molecule has 2 rings (SSSR count). The number of nitrogens with zero attached hydrogens (tertiary/aromatic N) is 2. The highest BCUT2D eigenvalue weighted by Gasteiger charge is 2.17. The van der Waals surface area contributed by atoms with Crippen molar-refractivity contribution in [2.45, 2.75) is 13.5 Å². The number of benzene rings is 1. The Morgan fingerprint density at radius 1 is 1.57 bits per heavy atom. The standard InChI is InChI=1S/C12H9FN2O5S/c1-6-2-10(8(13)3-9(6)15(18)19)20-4-7-5-21-11(14-7)12(16)17/h2-3,5H,4H2,1H3,(H,16,17). The molecule has 1 heterocycles. The van der Waals surface area contributed by atoms with Gasteiger partial charge in [-0.15, -0.1) is 11.3 Å². The summed E-state index contributed by atoms with van der Waals surface area (Å²) in [6.45, 7) is 1.34. The Hall–Kier alpha value is -2.55. The van der Waals surface area contributed by atoms with Crippen LogP contribution in [0.15, 0.2) is 17.5 Å². The first kappa shape index (κ1) is 14.9. The van der Waals surface area contributed by atoms with Crippen LogP contribution in [0.25, 0.3) is 0 Å². The highest BCUT2D eigenvalue weighted by atomic mass is 32.1. The van der Waals surface area contributed by atoms with Crippen molar-refractivity contribution in [2.75, 3.05) is 0 Å². The zero-order chi connectivity index (χ0) is 15.6. The van der Waals surface area contributed by atoms with Crippen molar-refractivity contribution < 1.29 is 24.0 Å². The molecule has 0 atom stereocenters. The lowest BCUT2D eigenvalue weighted by Crippen LogP contribution is -2.01. The maximum atomic E-state index is 13.7. The maximum absolute atomic E-state index is 13.7. The lowest BCUT2D eigenvalue weighted by molar-refractivity contribution is -0.385. The van der Waals surface area contributed by atoms with Crippen molar-refractivity contribution in [3.63, 3.8) is 0 Å². The largest absolute Gasteiger partial charge is 0.484 e. The third kappa shape index (κ3) is 3.31. The fourth-order valence-electron chi connectivity index (χ4n) is 1.58. The monoisotopic (exact) mass is 312 g/mol. The third-order valence-corrected chi connectivity index (χ3v) is 3.44. The van der Waals surface area contributed by atoms with E-state index in [1.807, 2.05) is 0 Å². The Bertz CT molecular complexity index is 716. The van der Waals surface area contributed by atoms with E-state index in [1.165, 1.54) is 18.4 Å². The van der Waals surface area contributed by atoms with Crippen LogP contribution in [0.1, 0.15) is 21.1 Å². The van der Waals surface area contributed by atoms with Crippen LogP contribution < -0.4 is 4.74 Å². The van der Waals surface area contributed by atoms with Crippen LogP contribution in [-0.4, -0.2) is 21.0 Å². The molecule has 110 valence electrons. The second kappa shape index (κ2) is 5.83. The predicted octanol–water partition coefficient (Wildman–Crippen LogP) is 2.78. The molecular weight excluding hydrogens is 303 g/mol.